The Kier molecular flexibility index (Phi) is 4.56. The van der Waals surface area contributed by atoms with Crippen LogP contribution in [0.3, 0.4) is 0 Å². The van der Waals surface area contributed by atoms with Gasteiger partial charge in [-0.25, -0.2) is 13.1 Å². The maximum atomic E-state index is 12.3. The van der Waals surface area contributed by atoms with Gasteiger partial charge in [0.25, 0.3) is 10.0 Å². The minimum Gasteiger partial charge on any atom is -0.301 e. The summed E-state index contributed by atoms with van der Waals surface area (Å²) < 4.78 is 27.0. The van der Waals surface area contributed by atoms with Crippen LogP contribution in [0.4, 0.5) is 5.13 Å². The molecule has 0 aliphatic carbocycles. The number of hydrogen-bond donors (Lipinski definition) is 2. The second kappa shape index (κ2) is 6.63. The van der Waals surface area contributed by atoms with Crippen LogP contribution in [0, 0.1) is 0 Å². The van der Waals surface area contributed by atoms with E-state index in [9.17, 15) is 13.2 Å². The highest BCUT2D eigenvalue weighted by molar-refractivity contribution is 7.91. The number of anilines is 1. The lowest BCUT2D eigenvalue weighted by Gasteiger charge is -2.07. The van der Waals surface area contributed by atoms with Crippen molar-refractivity contribution in [2.75, 3.05) is 5.32 Å². The van der Waals surface area contributed by atoms with Crippen molar-refractivity contribution in [2.24, 2.45) is 0 Å². The Morgan fingerprint density at radius 1 is 1.12 bits per heavy atom. The van der Waals surface area contributed by atoms with Crippen molar-refractivity contribution in [3.8, 4) is 0 Å². The lowest BCUT2D eigenvalue weighted by molar-refractivity contribution is -0.114. The third-order valence-corrected chi connectivity index (χ3v) is 5.86. The molecule has 3 rings (SSSR count). The fourth-order valence-corrected chi connectivity index (χ4v) is 4.19. The molecule has 24 heavy (non-hydrogen) atoms. The zero-order valence-electron chi connectivity index (χ0n) is 12.7. The van der Waals surface area contributed by atoms with Crippen molar-refractivity contribution in [2.45, 2.75) is 17.8 Å². The second-order valence-electron chi connectivity index (χ2n) is 5.02. The largest absolute Gasteiger partial charge is 0.301 e. The average Bonchev–Trinajstić information content (AvgIpc) is 3.01. The number of hydrogen-bond acceptors (Lipinski definition) is 6. The Labute approximate surface area is 142 Å². The van der Waals surface area contributed by atoms with Crippen molar-refractivity contribution in [1.82, 2.24) is 14.9 Å². The fourth-order valence-electron chi connectivity index (χ4n) is 2.20. The molecule has 0 aliphatic heterocycles. The number of aromatic nitrogens is 2. The monoisotopic (exact) mass is 362 g/mol. The molecule has 9 heteroatoms. The molecule has 1 heterocycles. The minimum atomic E-state index is -3.80. The molecule has 0 spiro atoms. The van der Waals surface area contributed by atoms with Gasteiger partial charge in [-0.1, -0.05) is 53.8 Å². The predicted molar refractivity (Wildman–Crippen MR) is 92.2 cm³/mol. The number of fused-ring (bicyclic) bond motifs is 1. The van der Waals surface area contributed by atoms with E-state index in [0.717, 1.165) is 27.7 Å². The van der Waals surface area contributed by atoms with Gasteiger partial charge in [-0.15, -0.1) is 10.2 Å². The summed E-state index contributed by atoms with van der Waals surface area (Å²) in [4.78, 5) is 11.0. The van der Waals surface area contributed by atoms with Gasteiger partial charge >= 0.3 is 0 Å². The topological polar surface area (TPSA) is 101 Å². The van der Waals surface area contributed by atoms with Crippen LogP contribution >= 0.6 is 11.3 Å². The van der Waals surface area contributed by atoms with Gasteiger partial charge < -0.3 is 5.32 Å². The van der Waals surface area contributed by atoms with E-state index in [0.29, 0.717) is 0 Å². The van der Waals surface area contributed by atoms with Crippen molar-refractivity contribution >= 4 is 43.2 Å². The lowest BCUT2D eigenvalue weighted by Crippen LogP contribution is -2.23. The van der Waals surface area contributed by atoms with E-state index in [-0.39, 0.29) is 21.9 Å². The number of amides is 1. The summed E-state index contributed by atoms with van der Waals surface area (Å²) in [6.07, 6.45) is 0. The summed E-state index contributed by atoms with van der Waals surface area (Å²) in [6.45, 7) is 1.45. The number of benzene rings is 2. The highest BCUT2D eigenvalue weighted by Gasteiger charge is 2.20. The molecule has 3 aromatic rings. The van der Waals surface area contributed by atoms with Gasteiger partial charge in [0, 0.05) is 13.5 Å². The average molecular weight is 362 g/mol. The van der Waals surface area contributed by atoms with Crippen LogP contribution in [0.5, 0.6) is 0 Å². The van der Waals surface area contributed by atoms with Crippen molar-refractivity contribution in [1.29, 1.82) is 0 Å². The quantitative estimate of drug-likeness (QED) is 0.677. The molecule has 124 valence electrons. The molecular formula is C15H14N4O3S2. The van der Waals surface area contributed by atoms with E-state index in [1.807, 2.05) is 42.5 Å². The molecule has 0 unspecified atom stereocenters. The number of carbonyl (C=O) groups is 1. The smallest absolute Gasteiger partial charge is 0.270 e. The van der Waals surface area contributed by atoms with Gasteiger partial charge in [0.05, 0.1) is 0 Å². The zero-order valence-corrected chi connectivity index (χ0v) is 14.3. The van der Waals surface area contributed by atoms with Gasteiger partial charge in [0.15, 0.2) is 0 Å². The van der Waals surface area contributed by atoms with Crippen LogP contribution in [0.25, 0.3) is 10.8 Å². The summed E-state index contributed by atoms with van der Waals surface area (Å²) in [7, 11) is -3.80. The normalized spacial score (nSPS) is 11.5. The molecule has 1 aromatic heterocycles. The summed E-state index contributed by atoms with van der Waals surface area (Å²) in [5.41, 5.74) is 0.864. The lowest BCUT2D eigenvalue weighted by atomic mass is 10.1. The Bertz CT molecular complexity index is 993. The van der Waals surface area contributed by atoms with Crippen LogP contribution in [-0.4, -0.2) is 24.5 Å². The molecule has 0 fully saturated rings. The molecule has 0 saturated heterocycles. The maximum absolute atomic E-state index is 12.3. The van der Waals surface area contributed by atoms with Gasteiger partial charge in [-0.2, -0.15) is 0 Å². The molecule has 0 saturated carbocycles. The third-order valence-electron chi connectivity index (χ3n) is 3.25. The Hall–Kier alpha value is -2.36. The molecule has 2 N–H and O–H groups in total. The van der Waals surface area contributed by atoms with Crippen molar-refractivity contribution < 1.29 is 13.2 Å². The van der Waals surface area contributed by atoms with Gasteiger partial charge in [0.2, 0.25) is 15.4 Å². The first-order valence-electron chi connectivity index (χ1n) is 7.03. The van der Waals surface area contributed by atoms with Crippen LogP contribution in [-0.2, 0) is 21.4 Å². The molecule has 0 aliphatic rings. The summed E-state index contributed by atoms with van der Waals surface area (Å²) in [6, 6.07) is 13.5. The number of sulfonamides is 1. The number of rotatable bonds is 5. The standard InChI is InChI=1S/C15H14N4O3S2/c1-10(20)17-14-18-19-15(23-14)24(21,22)16-9-12-7-4-6-11-5-2-3-8-13(11)12/h2-8,16H,9H2,1H3,(H,17,18,20). The van der Waals surface area contributed by atoms with Gasteiger partial charge in [-0.05, 0) is 16.3 Å². The van der Waals surface area contributed by atoms with Crippen molar-refractivity contribution in [3.05, 3.63) is 48.0 Å². The molecule has 2 aromatic carbocycles. The van der Waals surface area contributed by atoms with E-state index in [1.165, 1.54) is 6.92 Å². The van der Waals surface area contributed by atoms with Gasteiger partial charge in [-0.3, -0.25) is 4.79 Å². The van der Waals surface area contributed by atoms with E-state index in [2.05, 4.69) is 20.2 Å². The first-order valence-corrected chi connectivity index (χ1v) is 9.33. The van der Waals surface area contributed by atoms with Crippen LogP contribution in [0.2, 0.25) is 0 Å². The first-order chi connectivity index (χ1) is 11.5. The number of carbonyl (C=O) groups excluding carboxylic acids is 1. The fraction of sp³-hybridized carbons (Fsp3) is 0.133. The van der Waals surface area contributed by atoms with Crippen LogP contribution in [0.15, 0.2) is 46.8 Å². The number of nitrogens with one attached hydrogen (secondary N) is 2. The zero-order chi connectivity index (χ0) is 17.2. The SMILES string of the molecule is CC(=O)Nc1nnc(S(=O)(=O)NCc2cccc3ccccc23)s1. The molecule has 0 atom stereocenters. The molecular weight excluding hydrogens is 348 g/mol. The predicted octanol–water partition coefficient (Wildman–Crippen LogP) is 2.13. The highest BCUT2D eigenvalue weighted by atomic mass is 32.2. The van der Waals surface area contributed by atoms with Crippen LogP contribution < -0.4 is 10.0 Å². The Morgan fingerprint density at radius 3 is 2.67 bits per heavy atom. The summed E-state index contributed by atoms with van der Waals surface area (Å²) in [5, 5.41) is 11.8. The maximum Gasteiger partial charge on any atom is 0.270 e. The second-order valence-corrected chi connectivity index (χ2v) is 7.94. The number of nitrogens with zero attached hydrogens (tertiary/aromatic N) is 2. The van der Waals surface area contributed by atoms with E-state index in [4.69, 9.17) is 0 Å². The Balaban J connectivity index is 1.79. The van der Waals surface area contributed by atoms with E-state index in [1.54, 1.807) is 0 Å². The third kappa shape index (κ3) is 3.58. The van der Waals surface area contributed by atoms with E-state index >= 15 is 0 Å². The minimum absolute atomic E-state index is 0.138. The first kappa shape index (κ1) is 16.5. The van der Waals surface area contributed by atoms with Gasteiger partial charge in [0.1, 0.15) is 0 Å². The summed E-state index contributed by atoms with van der Waals surface area (Å²) >= 11 is 0.802. The highest BCUT2D eigenvalue weighted by Crippen LogP contribution is 2.21. The molecule has 0 radical (unpaired) electrons. The molecule has 1 amide bonds. The molecule has 7 nitrogen and oxygen atoms in total. The van der Waals surface area contributed by atoms with Crippen molar-refractivity contribution in [3.63, 3.8) is 0 Å². The summed E-state index contributed by atoms with van der Waals surface area (Å²) in [5.74, 6) is -0.334. The van der Waals surface area contributed by atoms with E-state index < -0.39 is 10.0 Å². The molecule has 0 bridgehead atoms. The Morgan fingerprint density at radius 2 is 1.88 bits per heavy atom. The van der Waals surface area contributed by atoms with Crippen LogP contribution in [0.1, 0.15) is 12.5 Å².